The minimum atomic E-state index is 0.964. The number of nitrogens with zero attached hydrogens (tertiary/aromatic N) is 1. The first-order valence-corrected chi connectivity index (χ1v) is 5.14. The first kappa shape index (κ1) is 9.78. The molecule has 0 N–H and O–H groups in total. The van der Waals surface area contributed by atoms with Gasteiger partial charge in [0.2, 0.25) is 0 Å². The Morgan fingerprint density at radius 1 is 1.20 bits per heavy atom. The lowest BCUT2D eigenvalue weighted by atomic mass is 10.1. The fourth-order valence-corrected chi connectivity index (χ4v) is 1.77. The van der Waals surface area contributed by atoms with E-state index in [2.05, 4.69) is 54.6 Å². The van der Waals surface area contributed by atoms with Crippen LogP contribution in [0.5, 0.6) is 0 Å². The van der Waals surface area contributed by atoms with E-state index in [-0.39, 0.29) is 0 Å². The van der Waals surface area contributed by atoms with Gasteiger partial charge in [-0.2, -0.15) is 0 Å². The summed E-state index contributed by atoms with van der Waals surface area (Å²) in [6.45, 7) is 5.95. The molecule has 0 atom stereocenters. The van der Waals surface area contributed by atoms with Crippen LogP contribution in [0.2, 0.25) is 0 Å². The first-order chi connectivity index (χ1) is 7.31. The summed E-state index contributed by atoms with van der Waals surface area (Å²) in [5.74, 6) is 0. The Hall–Kier alpha value is -1.76. The standard InChI is InChI=1S/C14H15N/c1-3-15-10-9-12(2)14(15)11-13-7-5-4-6-8-13/h3-10H,1,11H2,2H3. The van der Waals surface area contributed by atoms with Crippen molar-refractivity contribution in [2.75, 3.05) is 0 Å². The maximum Gasteiger partial charge on any atom is 0.0293 e. The van der Waals surface area contributed by atoms with Gasteiger partial charge in [0.25, 0.3) is 0 Å². The van der Waals surface area contributed by atoms with E-state index in [9.17, 15) is 0 Å². The third kappa shape index (κ3) is 2.01. The van der Waals surface area contributed by atoms with Gasteiger partial charge in [-0.3, -0.25) is 0 Å². The van der Waals surface area contributed by atoms with Gasteiger partial charge in [-0.15, -0.1) is 0 Å². The molecule has 2 aromatic rings. The van der Waals surface area contributed by atoms with E-state index >= 15 is 0 Å². The lowest BCUT2D eigenvalue weighted by molar-refractivity contribution is 0.994. The molecule has 0 radical (unpaired) electrons. The van der Waals surface area contributed by atoms with E-state index < -0.39 is 0 Å². The Labute approximate surface area is 90.7 Å². The van der Waals surface area contributed by atoms with Gasteiger partial charge in [-0.05, 0) is 24.1 Å². The molecular formula is C14H15N. The molecule has 0 aliphatic heterocycles. The smallest absolute Gasteiger partial charge is 0.0293 e. The minimum absolute atomic E-state index is 0.964. The zero-order chi connectivity index (χ0) is 10.7. The van der Waals surface area contributed by atoms with Gasteiger partial charge in [0, 0.05) is 24.5 Å². The van der Waals surface area contributed by atoms with Crippen LogP contribution in [0.15, 0.2) is 49.2 Å². The van der Waals surface area contributed by atoms with E-state index in [1.807, 2.05) is 12.3 Å². The van der Waals surface area contributed by atoms with Crippen LogP contribution < -0.4 is 0 Å². The predicted octanol–water partition coefficient (Wildman–Crippen LogP) is 3.49. The Balaban J connectivity index is 2.31. The summed E-state index contributed by atoms with van der Waals surface area (Å²) in [5, 5.41) is 0. The number of aromatic nitrogens is 1. The van der Waals surface area contributed by atoms with E-state index in [4.69, 9.17) is 0 Å². The molecule has 0 fully saturated rings. The fraction of sp³-hybridized carbons (Fsp3) is 0.143. The summed E-state index contributed by atoms with van der Waals surface area (Å²) in [4.78, 5) is 0. The summed E-state index contributed by atoms with van der Waals surface area (Å²) < 4.78 is 2.09. The van der Waals surface area contributed by atoms with Crippen LogP contribution in [0.4, 0.5) is 0 Å². The average Bonchev–Trinajstić information content (AvgIpc) is 2.62. The lowest BCUT2D eigenvalue weighted by Crippen LogP contribution is -1.96. The molecule has 0 amide bonds. The maximum absolute atomic E-state index is 3.81. The second-order valence-corrected chi connectivity index (χ2v) is 3.70. The number of hydrogen-bond donors (Lipinski definition) is 0. The molecule has 15 heavy (non-hydrogen) atoms. The van der Waals surface area contributed by atoms with Crippen molar-refractivity contribution in [3.05, 3.63) is 66.0 Å². The summed E-state index contributed by atoms with van der Waals surface area (Å²) >= 11 is 0. The zero-order valence-electron chi connectivity index (χ0n) is 8.98. The molecule has 0 aliphatic carbocycles. The van der Waals surface area contributed by atoms with Crippen molar-refractivity contribution in [1.82, 2.24) is 4.57 Å². The molecule has 1 heteroatoms. The minimum Gasteiger partial charge on any atom is -0.328 e. The SMILES string of the molecule is C=Cn1ccc(C)c1Cc1ccccc1. The highest BCUT2D eigenvalue weighted by atomic mass is 14.9. The van der Waals surface area contributed by atoms with Crippen LogP contribution in [0.3, 0.4) is 0 Å². The number of hydrogen-bond acceptors (Lipinski definition) is 0. The summed E-state index contributed by atoms with van der Waals surface area (Å²) in [7, 11) is 0. The second-order valence-electron chi connectivity index (χ2n) is 3.70. The Kier molecular flexibility index (Phi) is 2.72. The first-order valence-electron chi connectivity index (χ1n) is 5.14. The molecule has 1 nitrogen and oxygen atoms in total. The highest BCUT2D eigenvalue weighted by molar-refractivity contribution is 5.35. The van der Waals surface area contributed by atoms with Gasteiger partial charge in [-0.1, -0.05) is 36.9 Å². The largest absolute Gasteiger partial charge is 0.328 e. The molecule has 2 rings (SSSR count). The van der Waals surface area contributed by atoms with Crippen LogP contribution in [-0.2, 0) is 6.42 Å². The summed E-state index contributed by atoms with van der Waals surface area (Å²) in [6.07, 6.45) is 4.87. The van der Waals surface area contributed by atoms with Gasteiger partial charge in [0.05, 0.1) is 0 Å². The quantitative estimate of drug-likeness (QED) is 0.709. The molecule has 0 saturated carbocycles. The molecular weight excluding hydrogens is 182 g/mol. The van der Waals surface area contributed by atoms with E-state index in [0.29, 0.717) is 0 Å². The van der Waals surface area contributed by atoms with Gasteiger partial charge < -0.3 is 4.57 Å². The van der Waals surface area contributed by atoms with Crippen molar-refractivity contribution < 1.29 is 0 Å². The van der Waals surface area contributed by atoms with Gasteiger partial charge >= 0.3 is 0 Å². The Bertz CT molecular complexity index is 451. The van der Waals surface area contributed by atoms with Crippen molar-refractivity contribution in [3.63, 3.8) is 0 Å². The van der Waals surface area contributed by atoms with Gasteiger partial charge in [0.15, 0.2) is 0 Å². The van der Waals surface area contributed by atoms with Crippen LogP contribution in [0, 0.1) is 6.92 Å². The topological polar surface area (TPSA) is 4.93 Å². The number of benzene rings is 1. The summed E-state index contributed by atoms with van der Waals surface area (Å²) in [6, 6.07) is 12.6. The van der Waals surface area contributed by atoms with Crippen molar-refractivity contribution >= 4 is 6.20 Å². The van der Waals surface area contributed by atoms with E-state index in [1.54, 1.807) is 0 Å². The number of aryl methyl sites for hydroxylation is 1. The average molecular weight is 197 g/mol. The van der Waals surface area contributed by atoms with E-state index in [1.165, 1.54) is 16.8 Å². The third-order valence-electron chi connectivity index (χ3n) is 2.66. The molecule has 1 aromatic carbocycles. The second kappa shape index (κ2) is 4.18. The predicted molar refractivity (Wildman–Crippen MR) is 64.8 cm³/mol. The maximum atomic E-state index is 3.81. The Morgan fingerprint density at radius 2 is 1.93 bits per heavy atom. The lowest BCUT2D eigenvalue weighted by Gasteiger charge is -2.05. The molecule has 76 valence electrons. The van der Waals surface area contributed by atoms with Crippen LogP contribution in [-0.4, -0.2) is 4.57 Å². The Morgan fingerprint density at radius 3 is 2.60 bits per heavy atom. The molecule has 0 bridgehead atoms. The normalized spacial score (nSPS) is 10.2. The van der Waals surface area contributed by atoms with Crippen molar-refractivity contribution in [1.29, 1.82) is 0 Å². The van der Waals surface area contributed by atoms with Crippen LogP contribution >= 0.6 is 0 Å². The van der Waals surface area contributed by atoms with E-state index in [0.717, 1.165) is 6.42 Å². The van der Waals surface area contributed by atoms with Gasteiger partial charge in [0.1, 0.15) is 0 Å². The fourth-order valence-electron chi connectivity index (χ4n) is 1.77. The molecule has 1 heterocycles. The summed E-state index contributed by atoms with van der Waals surface area (Å²) in [5.41, 5.74) is 3.97. The zero-order valence-corrected chi connectivity index (χ0v) is 8.98. The molecule has 1 aromatic heterocycles. The van der Waals surface area contributed by atoms with Crippen molar-refractivity contribution in [2.45, 2.75) is 13.3 Å². The highest BCUT2D eigenvalue weighted by Crippen LogP contribution is 2.15. The van der Waals surface area contributed by atoms with Gasteiger partial charge in [-0.25, -0.2) is 0 Å². The molecule has 0 aliphatic rings. The molecule has 0 saturated heterocycles. The highest BCUT2D eigenvalue weighted by Gasteiger charge is 2.04. The molecule has 0 spiro atoms. The van der Waals surface area contributed by atoms with Crippen molar-refractivity contribution in [2.24, 2.45) is 0 Å². The molecule has 0 unspecified atom stereocenters. The van der Waals surface area contributed by atoms with Crippen LogP contribution in [0.1, 0.15) is 16.8 Å². The third-order valence-corrected chi connectivity index (χ3v) is 2.66. The number of rotatable bonds is 3. The van der Waals surface area contributed by atoms with Crippen LogP contribution in [0.25, 0.3) is 6.20 Å². The van der Waals surface area contributed by atoms with Crippen molar-refractivity contribution in [3.8, 4) is 0 Å². The monoisotopic (exact) mass is 197 g/mol.